The number of aliphatic imine (C=N–C) groups is 1. The molecule has 0 heterocycles. The van der Waals surface area contributed by atoms with Crippen LogP contribution in [-0.4, -0.2) is 41.9 Å². The summed E-state index contributed by atoms with van der Waals surface area (Å²) in [6.45, 7) is 15.3. The Labute approximate surface area is 205 Å². The van der Waals surface area contributed by atoms with Crippen LogP contribution in [0.25, 0.3) is 0 Å². The number of hydrogen-bond acceptors (Lipinski definition) is 4. The molecular weight excluding hydrogens is 429 g/mol. The lowest BCUT2D eigenvalue weighted by atomic mass is 9.90. The van der Waals surface area contributed by atoms with Crippen LogP contribution in [0.2, 0.25) is 0 Å². The van der Waals surface area contributed by atoms with Gasteiger partial charge in [-0.2, -0.15) is 0 Å². The Morgan fingerprint density at radius 3 is 2.29 bits per heavy atom. The van der Waals surface area contributed by atoms with Gasteiger partial charge in [0.05, 0.1) is 5.70 Å². The van der Waals surface area contributed by atoms with Crippen molar-refractivity contribution in [1.82, 2.24) is 4.90 Å². The largest absolute Gasteiger partial charge is 0.396 e. The topological polar surface area (TPSA) is 75.8 Å². The van der Waals surface area contributed by atoms with Crippen molar-refractivity contribution in [1.29, 1.82) is 0 Å². The highest BCUT2D eigenvalue weighted by molar-refractivity contribution is 6.08. The van der Waals surface area contributed by atoms with E-state index in [1.807, 2.05) is 18.7 Å². The van der Waals surface area contributed by atoms with Crippen molar-refractivity contribution >= 4 is 17.4 Å². The Morgan fingerprint density at radius 1 is 1.09 bits per heavy atom. The number of carbonyl (C=O) groups excluding carboxylic acids is 2. The zero-order valence-electron chi connectivity index (χ0n) is 22.3. The Kier molecular flexibility index (Phi) is 12.8. The van der Waals surface area contributed by atoms with E-state index < -0.39 is 0 Å². The highest BCUT2D eigenvalue weighted by atomic mass is 19.1. The lowest BCUT2D eigenvalue weighted by Crippen LogP contribution is -2.35. The van der Waals surface area contributed by atoms with E-state index in [2.05, 4.69) is 25.8 Å². The maximum atomic E-state index is 12.8. The van der Waals surface area contributed by atoms with Gasteiger partial charge in [0, 0.05) is 25.7 Å². The number of carbonyl (C=O) groups is 2. The predicted molar refractivity (Wildman–Crippen MR) is 140 cm³/mol. The number of Topliss-reactive ketones (excluding diaryl/α,β-unsaturated/α-hetero) is 1. The van der Waals surface area contributed by atoms with Gasteiger partial charge in [-0.1, -0.05) is 26.8 Å². The molecule has 1 aromatic carbocycles. The van der Waals surface area contributed by atoms with Gasteiger partial charge < -0.3 is 10.6 Å². The summed E-state index contributed by atoms with van der Waals surface area (Å²) in [5.41, 5.74) is 10.9. The highest BCUT2D eigenvalue weighted by Gasteiger charge is 2.19. The van der Waals surface area contributed by atoms with E-state index in [1.54, 1.807) is 13.0 Å². The molecule has 1 saturated carbocycles. The molecule has 1 aliphatic carbocycles. The average Bonchev–Trinajstić information content (AvgIpc) is 2.81. The molecule has 2 rings (SSSR count). The molecule has 0 spiro atoms. The van der Waals surface area contributed by atoms with E-state index in [0.717, 1.165) is 79.6 Å². The van der Waals surface area contributed by atoms with Crippen LogP contribution in [0.1, 0.15) is 82.9 Å². The number of amides is 1. The molecular formula is C28H44FN3O2. The van der Waals surface area contributed by atoms with Crippen molar-refractivity contribution in [2.75, 3.05) is 19.6 Å². The predicted octanol–water partition coefficient (Wildman–Crippen LogP) is 5.84. The van der Waals surface area contributed by atoms with Gasteiger partial charge in [0.2, 0.25) is 5.91 Å². The van der Waals surface area contributed by atoms with Crippen molar-refractivity contribution in [3.8, 4) is 0 Å². The Bertz CT molecular complexity index is 876. The van der Waals surface area contributed by atoms with Crippen LogP contribution in [0.5, 0.6) is 0 Å². The zero-order valence-corrected chi connectivity index (χ0v) is 22.3. The van der Waals surface area contributed by atoms with Crippen LogP contribution < -0.4 is 5.73 Å². The van der Waals surface area contributed by atoms with Crippen molar-refractivity contribution in [2.24, 2.45) is 16.6 Å². The number of hydrogen-bond donors (Lipinski definition) is 1. The van der Waals surface area contributed by atoms with Gasteiger partial charge in [-0.15, -0.1) is 0 Å². The number of benzene rings is 1. The second-order valence-corrected chi connectivity index (χ2v) is 9.60. The molecule has 1 fully saturated rings. The molecule has 1 aromatic rings. The molecule has 1 aliphatic rings. The Balaban J connectivity index is 0.000000479. The zero-order chi connectivity index (χ0) is 25.8. The molecule has 0 radical (unpaired) electrons. The van der Waals surface area contributed by atoms with Crippen molar-refractivity contribution in [3.05, 3.63) is 45.9 Å². The Morgan fingerprint density at radius 2 is 1.74 bits per heavy atom. The molecule has 1 amide bonds. The van der Waals surface area contributed by atoms with Crippen molar-refractivity contribution in [3.63, 3.8) is 0 Å². The smallest absolute Gasteiger partial charge is 0.244 e. The number of rotatable bonds is 8. The first-order chi connectivity index (χ1) is 16.0. The third-order valence-electron chi connectivity index (χ3n) is 6.36. The fraction of sp³-hybridized carbons (Fsp3) is 0.607. The minimum Gasteiger partial charge on any atom is -0.396 e. The summed E-state index contributed by atoms with van der Waals surface area (Å²) in [7, 11) is 0. The summed E-state index contributed by atoms with van der Waals surface area (Å²) in [5, 5.41) is 0. The fourth-order valence-electron chi connectivity index (χ4n) is 3.80. The molecule has 2 N–H and O–H groups in total. The number of halogens is 1. The van der Waals surface area contributed by atoms with E-state index in [1.165, 1.54) is 13.0 Å². The summed E-state index contributed by atoms with van der Waals surface area (Å²) in [6.07, 6.45) is 5.59. The molecule has 0 aliphatic heterocycles. The molecule has 0 saturated heterocycles. The Hall–Kier alpha value is -2.50. The number of aryl methyl sites for hydroxylation is 1. The lowest BCUT2D eigenvalue weighted by Gasteiger charge is -2.23. The molecule has 0 bridgehead atoms. The van der Waals surface area contributed by atoms with Gasteiger partial charge in [0.15, 0.2) is 5.78 Å². The third-order valence-corrected chi connectivity index (χ3v) is 6.36. The van der Waals surface area contributed by atoms with Crippen LogP contribution >= 0.6 is 0 Å². The van der Waals surface area contributed by atoms with Crippen LogP contribution in [0.15, 0.2) is 28.4 Å². The maximum absolute atomic E-state index is 12.8. The first-order valence-electron chi connectivity index (χ1n) is 12.5. The first-order valence-corrected chi connectivity index (χ1v) is 12.5. The molecule has 5 nitrogen and oxygen atoms in total. The van der Waals surface area contributed by atoms with Crippen LogP contribution in [0.3, 0.4) is 0 Å². The van der Waals surface area contributed by atoms with Gasteiger partial charge in [-0.05, 0) is 93.5 Å². The fourth-order valence-corrected chi connectivity index (χ4v) is 3.80. The summed E-state index contributed by atoms with van der Waals surface area (Å²) in [5.74, 6) is 0.418. The van der Waals surface area contributed by atoms with Gasteiger partial charge in [0.25, 0.3) is 0 Å². The number of nitrogens with zero attached hydrogens (tertiary/aromatic N) is 2. The first kappa shape index (κ1) is 29.5. The van der Waals surface area contributed by atoms with Gasteiger partial charge in [0.1, 0.15) is 12.4 Å². The van der Waals surface area contributed by atoms with E-state index in [9.17, 15) is 14.0 Å². The number of allylic oxidation sites excluding steroid dienone is 2. The molecule has 0 aromatic heterocycles. The molecule has 0 unspecified atom stereocenters. The van der Waals surface area contributed by atoms with Crippen LogP contribution in [0, 0.1) is 32.5 Å². The number of nitrogens with two attached hydrogens (primary N) is 1. The quantitative estimate of drug-likeness (QED) is 0.482. The second kappa shape index (κ2) is 14.7. The summed E-state index contributed by atoms with van der Waals surface area (Å²) in [4.78, 5) is 30.5. The van der Waals surface area contributed by atoms with Gasteiger partial charge >= 0.3 is 0 Å². The van der Waals surface area contributed by atoms with Crippen LogP contribution in [-0.2, 0) is 9.59 Å². The molecule has 0 atom stereocenters. The highest BCUT2D eigenvalue weighted by Crippen LogP contribution is 2.23. The summed E-state index contributed by atoms with van der Waals surface area (Å²) >= 11 is 0. The average molecular weight is 474 g/mol. The van der Waals surface area contributed by atoms with Crippen molar-refractivity contribution < 1.29 is 14.0 Å². The normalized spacial score (nSPS) is 16.2. The van der Waals surface area contributed by atoms with Gasteiger partial charge in [-0.3, -0.25) is 14.6 Å². The summed E-state index contributed by atoms with van der Waals surface area (Å²) in [6, 6.07) is 3.31. The minimum absolute atomic E-state index is 0.0660. The van der Waals surface area contributed by atoms with E-state index in [4.69, 9.17) is 5.73 Å². The lowest BCUT2D eigenvalue weighted by molar-refractivity contribution is -0.129. The van der Waals surface area contributed by atoms with E-state index >= 15 is 0 Å². The third kappa shape index (κ3) is 9.40. The maximum Gasteiger partial charge on any atom is 0.244 e. The molecule has 190 valence electrons. The van der Waals surface area contributed by atoms with E-state index in [0.29, 0.717) is 11.6 Å². The molecule has 6 heteroatoms. The second-order valence-electron chi connectivity index (χ2n) is 9.60. The van der Waals surface area contributed by atoms with Gasteiger partial charge in [-0.25, -0.2) is 4.39 Å². The van der Waals surface area contributed by atoms with Crippen LogP contribution in [0.4, 0.5) is 4.39 Å². The monoisotopic (exact) mass is 473 g/mol. The molecule has 34 heavy (non-hydrogen) atoms. The van der Waals surface area contributed by atoms with E-state index in [-0.39, 0.29) is 24.1 Å². The van der Waals surface area contributed by atoms with Crippen molar-refractivity contribution in [2.45, 2.75) is 87.0 Å². The summed E-state index contributed by atoms with van der Waals surface area (Å²) < 4.78 is 12.8. The standard InChI is InChI=1S/C19H33N3O2.C9H11F/c1-5-11-22(12-10-14(2)3)18(24)13-21-17-9-7-6-8-16(17)19(20)15(4)23;1-6-4-5-9(10)8(3)7(6)2/h14H,5-13,20H2,1-4H3;4-5H,1-3H3/b19-16-,21-17?;. The SMILES string of the molecule is CCCN(CCC(C)C)C(=O)CN=C1CCCC/C1=C(/N)C(C)=O.Cc1ccc(F)c(C)c1C. The number of ketones is 1. The minimum atomic E-state index is -0.115.